The molecule has 2 rings (SSSR count). The average Bonchev–Trinajstić information content (AvgIpc) is 2.59. The molecule has 6 heteroatoms. The summed E-state index contributed by atoms with van der Waals surface area (Å²) >= 11 is 1.82. The van der Waals surface area contributed by atoms with Gasteiger partial charge in [0, 0.05) is 5.41 Å². The van der Waals surface area contributed by atoms with Crippen LogP contribution >= 0.6 is 22.6 Å². The molecule has 0 heterocycles. The maximum atomic E-state index is 12.8. The topological polar surface area (TPSA) is 34.1 Å². The lowest BCUT2D eigenvalue weighted by Gasteiger charge is -2.02. The number of allylic oxidation sites excluding steroid dienone is 1. The molecule has 0 radical (unpaired) electrons. The Kier molecular flexibility index (Phi) is 6.99. The van der Waals surface area contributed by atoms with Gasteiger partial charge in [0.25, 0.3) is 0 Å². The normalized spacial score (nSPS) is 14.1. The molecule has 2 atom stereocenters. The molecule has 0 saturated heterocycles. The lowest BCUT2D eigenvalue weighted by molar-refractivity contribution is -0.112. The maximum Gasteiger partial charge on any atom is 0.181 e. The van der Waals surface area contributed by atoms with E-state index in [2.05, 4.69) is 0 Å². The van der Waals surface area contributed by atoms with Gasteiger partial charge in [0.15, 0.2) is 9.04 Å². The third-order valence-corrected chi connectivity index (χ3v) is 6.16. The second-order valence-corrected chi connectivity index (χ2v) is 8.28. The summed E-state index contributed by atoms with van der Waals surface area (Å²) in [6, 6.07) is 11.4. The van der Waals surface area contributed by atoms with Crippen molar-refractivity contribution < 1.29 is 17.8 Å². The summed E-state index contributed by atoms with van der Waals surface area (Å²) in [5.41, 5.74) is 1.38. The molecule has 2 nitrogen and oxygen atoms in total. The Bertz CT molecular complexity index is 716. The first-order valence-electron chi connectivity index (χ1n) is 6.90. The number of rotatable bonds is 6. The molecule has 2 aromatic rings. The third-order valence-electron chi connectivity index (χ3n) is 3.00. The third kappa shape index (κ3) is 5.76. The van der Waals surface area contributed by atoms with Gasteiger partial charge in [-0.15, -0.1) is 0 Å². The number of hydrogen-bond acceptors (Lipinski definition) is 2. The molecule has 0 fully saturated rings. The molecule has 24 heavy (non-hydrogen) atoms. The minimum atomic E-state index is -1.51. The summed E-state index contributed by atoms with van der Waals surface area (Å²) in [5.74, 6) is -1.000. The van der Waals surface area contributed by atoms with E-state index in [0.717, 1.165) is 0 Å². The van der Waals surface area contributed by atoms with E-state index in [0.29, 0.717) is 11.1 Å². The second-order valence-electron chi connectivity index (χ2n) is 4.79. The first-order valence-corrected chi connectivity index (χ1v) is 9.42. The van der Waals surface area contributed by atoms with E-state index in [9.17, 15) is 17.8 Å². The van der Waals surface area contributed by atoms with Crippen molar-refractivity contribution in [3.05, 3.63) is 82.8 Å². The van der Waals surface area contributed by atoms with Gasteiger partial charge in [-0.25, -0.2) is 8.78 Å². The zero-order valence-corrected chi connectivity index (χ0v) is 15.3. The van der Waals surface area contributed by atoms with E-state index in [1.807, 2.05) is 22.6 Å². The van der Waals surface area contributed by atoms with Crippen LogP contribution in [0, 0.1) is 11.6 Å². The zero-order chi connectivity index (χ0) is 17.5. The summed E-state index contributed by atoms with van der Waals surface area (Å²) < 4.78 is 37.0. The molecule has 0 N–H and O–H groups in total. The van der Waals surface area contributed by atoms with Gasteiger partial charge in [-0.1, -0.05) is 52.9 Å². The number of benzene rings is 2. The summed E-state index contributed by atoms with van der Waals surface area (Å²) in [6.07, 6.45) is 4.46. The Labute approximate surface area is 154 Å². The summed E-state index contributed by atoms with van der Waals surface area (Å²) in [6.45, 7) is 0. The molecule has 0 saturated carbocycles. The van der Waals surface area contributed by atoms with Crippen LogP contribution in [0.1, 0.15) is 11.1 Å². The van der Waals surface area contributed by atoms with E-state index in [-0.39, 0.29) is 17.4 Å². The van der Waals surface area contributed by atoms with Crippen LogP contribution in [0.3, 0.4) is 0 Å². The van der Waals surface area contributed by atoms with E-state index in [4.69, 9.17) is 0 Å². The lowest BCUT2D eigenvalue weighted by Crippen LogP contribution is -2.15. The van der Waals surface area contributed by atoms with E-state index in [1.165, 1.54) is 35.7 Å². The Balaban J connectivity index is 1.97. The number of alkyl halides is 1. The number of carbonyl (C=O) groups is 1. The van der Waals surface area contributed by atoms with Crippen LogP contribution in [0.5, 0.6) is 0 Å². The number of hydrogen-bond donors (Lipinski definition) is 0. The zero-order valence-electron chi connectivity index (χ0n) is 12.4. The fourth-order valence-electron chi connectivity index (χ4n) is 1.73. The van der Waals surface area contributed by atoms with Crippen LogP contribution in [0.25, 0.3) is 12.2 Å². The van der Waals surface area contributed by atoms with Crippen molar-refractivity contribution >= 4 is 51.3 Å². The number of carbonyl (C=O) groups excluding carboxylic acids is 1. The Morgan fingerprint density at radius 1 is 0.917 bits per heavy atom. The van der Waals surface area contributed by atoms with Gasteiger partial charge < -0.3 is 0 Å². The first-order chi connectivity index (χ1) is 11.5. The van der Waals surface area contributed by atoms with Crippen molar-refractivity contribution in [2.24, 2.45) is 0 Å². The van der Waals surface area contributed by atoms with Crippen LogP contribution in [0.2, 0.25) is 0 Å². The molecular weight excluding hydrogens is 445 g/mol. The van der Waals surface area contributed by atoms with E-state index in [1.54, 1.807) is 36.4 Å². The molecule has 0 bridgehead atoms. The van der Waals surface area contributed by atoms with Crippen molar-refractivity contribution in [2.75, 3.05) is 0 Å². The highest BCUT2D eigenvalue weighted by molar-refractivity contribution is 14.1. The van der Waals surface area contributed by atoms with Crippen molar-refractivity contribution in [3.8, 4) is 0 Å². The van der Waals surface area contributed by atoms with Crippen LogP contribution in [-0.2, 0) is 15.6 Å². The Morgan fingerprint density at radius 3 is 1.88 bits per heavy atom. The highest BCUT2D eigenvalue weighted by Crippen LogP contribution is 2.14. The largest absolute Gasteiger partial charge is 0.293 e. The number of ketones is 1. The second kappa shape index (κ2) is 8.98. The molecule has 0 aromatic heterocycles. The molecule has 0 aliphatic heterocycles. The Morgan fingerprint density at radius 2 is 1.38 bits per heavy atom. The monoisotopic (exact) mass is 458 g/mol. The summed E-state index contributed by atoms with van der Waals surface area (Å²) in [7, 11) is -1.51. The Hall–Kier alpha value is -1.67. The van der Waals surface area contributed by atoms with Gasteiger partial charge in [-0.2, -0.15) is 0 Å². The predicted molar refractivity (Wildman–Crippen MR) is 102 cm³/mol. The van der Waals surface area contributed by atoms with Gasteiger partial charge in [0.2, 0.25) is 0 Å². The van der Waals surface area contributed by atoms with Gasteiger partial charge in [0.1, 0.15) is 11.6 Å². The average molecular weight is 458 g/mol. The van der Waals surface area contributed by atoms with E-state index < -0.39 is 14.1 Å². The van der Waals surface area contributed by atoms with E-state index >= 15 is 0 Å². The first kappa shape index (κ1) is 18.7. The van der Waals surface area contributed by atoms with Gasteiger partial charge in [-0.05, 0) is 47.5 Å². The van der Waals surface area contributed by atoms with Crippen LogP contribution in [0.4, 0.5) is 8.78 Å². The molecule has 0 aliphatic carbocycles. The van der Waals surface area contributed by atoms with Crippen molar-refractivity contribution in [3.63, 3.8) is 0 Å². The van der Waals surface area contributed by atoms with Crippen molar-refractivity contribution in [1.82, 2.24) is 0 Å². The van der Waals surface area contributed by atoms with Crippen LogP contribution < -0.4 is 0 Å². The predicted octanol–water partition coefficient (Wildman–Crippen LogP) is 4.73. The lowest BCUT2D eigenvalue weighted by atomic mass is 10.2. The van der Waals surface area contributed by atoms with Gasteiger partial charge in [-0.3, -0.25) is 9.00 Å². The standard InChI is InChI=1S/C18H13F2IO2S/c19-15-6-1-13(2-7-15)5-10-17(22)18(21)24(23)12-11-14-3-8-16(20)9-4-14/h1-12,18H. The van der Waals surface area contributed by atoms with Gasteiger partial charge in [0.05, 0.1) is 10.8 Å². The highest BCUT2D eigenvalue weighted by Gasteiger charge is 2.17. The van der Waals surface area contributed by atoms with Crippen LogP contribution in [-0.4, -0.2) is 13.2 Å². The molecule has 0 aliphatic rings. The molecule has 124 valence electrons. The van der Waals surface area contributed by atoms with Crippen molar-refractivity contribution in [1.29, 1.82) is 0 Å². The molecule has 0 amide bonds. The minimum absolute atomic E-state index is 0.304. The fraction of sp³-hybridized carbons (Fsp3) is 0.0556. The summed E-state index contributed by atoms with van der Waals surface area (Å²) in [5, 5.41) is 1.41. The smallest absolute Gasteiger partial charge is 0.181 e. The molecular formula is C18H13F2IO2S. The SMILES string of the molecule is O=C(C=Cc1ccc(F)cc1)C(I)S(=O)C=Cc1ccc(F)cc1. The minimum Gasteiger partial charge on any atom is -0.293 e. The molecule has 0 spiro atoms. The number of halogens is 3. The summed E-state index contributed by atoms with van der Waals surface area (Å²) in [4.78, 5) is 12.0. The molecule has 2 aromatic carbocycles. The van der Waals surface area contributed by atoms with Gasteiger partial charge >= 0.3 is 0 Å². The van der Waals surface area contributed by atoms with Crippen molar-refractivity contribution in [2.45, 2.75) is 3.26 Å². The fourth-order valence-corrected chi connectivity index (χ4v) is 3.18. The highest BCUT2D eigenvalue weighted by atomic mass is 127. The van der Waals surface area contributed by atoms with Crippen LogP contribution in [0.15, 0.2) is 60.0 Å². The maximum absolute atomic E-state index is 12.8. The molecule has 2 unspecified atom stereocenters. The quantitative estimate of drug-likeness (QED) is 0.357.